The molecule has 0 bridgehead atoms. The van der Waals surface area contributed by atoms with E-state index in [1.165, 1.54) is 0 Å². The lowest BCUT2D eigenvalue weighted by atomic mass is 10.1. The number of carbonyl (C=O) groups is 1. The number of aryl methyl sites for hydroxylation is 2. The van der Waals surface area contributed by atoms with Crippen LogP contribution in [0.4, 0.5) is 5.69 Å². The third kappa shape index (κ3) is 6.64. The topological polar surface area (TPSA) is 41.1 Å². The molecule has 0 aliphatic rings. The number of rotatable bonds is 7. The van der Waals surface area contributed by atoms with Crippen LogP contribution in [-0.4, -0.2) is 15.9 Å². The van der Waals surface area contributed by atoms with Crippen molar-refractivity contribution in [1.82, 2.24) is 5.32 Å². The molecule has 2 N–H and O–H groups in total. The van der Waals surface area contributed by atoms with E-state index < -0.39 is 9.96 Å². The molecule has 1 atom stereocenters. The van der Waals surface area contributed by atoms with Gasteiger partial charge in [-0.1, -0.05) is 66.7 Å². The Morgan fingerprint density at radius 3 is 2.50 bits per heavy atom. The molecule has 124 valence electrons. The molecule has 0 saturated heterocycles. The highest BCUT2D eigenvalue weighted by atomic mass is 35.6. The molecule has 0 spiro atoms. The third-order valence-corrected chi connectivity index (χ3v) is 3.99. The van der Waals surface area contributed by atoms with Crippen molar-refractivity contribution in [3.8, 4) is 0 Å². The molecule has 1 unspecified atom stereocenters. The Morgan fingerprint density at radius 2 is 1.91 bits per heavy atom. The van der Waals surface area contributed by atoms with Gasteiger partial charge in [0.15, 0.2) is 0 Å². The fraction of sp³-hybridized carbons (Fsp3) is 0.562. The molecule has 0 heterocycles. The van der Waals surface area contributed by atoms with Crippen LogP contribution >= 0.6 is 34.8 Å². The van der Waals surface area contributed by atoms with Gasteiger partial charge in [-0.25, -0.2) is 0 Å². The molecule has 0 radical (unpaired) electrons. The molecule has 1 aromatic rings. The van der Waals surface area contributed by atoms with Gasteiger partial charge in [0.1, 0.15) is 6.17 Å². The number of alkyl halides is 3. The number of nitrogens with one attached hydrogen (secondary N) is 2. The monoisotopic (exact) mass is 364 g/mol. The van der Waals surface area contributed by atoms with Crippen LogP contribution in [0.3, 0.4) is 0 Å². The normalized spacial score (nSPS) is 12.8. The molecule has 6 heteroatoms. The maximum atomic E-state index is 12.0. The van der Waals surface area contributed by atoms with Crippen molar-refractivity contribution in [2.24, 2.45) is 0 Å². The first-order chi connectivity index (χ1) is 10.2. The summed E-state index contributed by atoms with van der Waals surface area (Å²) in [7, 11) is 0. The minimum Gasteiger partial charge on any atom is -0.362 e. The van der Waals surface area contributed by atoms with E-state index in [4.69, 9.17) is 34.8 Å². The highest BCUT2D eigenvalue weighted by Crippen LogP contribution is 2.32. The van der Waals surface area contributed by atoms with Crippen molar-refractivity contribution < 1.29 is 4.79 Å². The lowest BCUT2D eigenvalue weighted by Crippen LogP contribution is -2.49. The van der Waals surface area contributed by atoms with Crippen molar-refractivity contribution in [1.29, 1.82) is 0 Å². The van der Waals surface area contributed by atoms with Crippen LogP contribution in [0.25, 0.3) is 0 Å². The van der Waals surface area contributed by atoms with E-state index in [0.29, 0.717) is 6.42 Å². The zero-order valence-electron chi connectivity index (χ0n) is 13.2. The number of anilines is 1. The Kier molecular flexibility index (Phi) is 7.81. The largest absolute Gasteiger partial charge is 0.362 e. The van der Waals surface area contributed by atoms with Gasteiger partial charge in [0.2, 0.25) is 9.70 Å². The molecule has 1 aromatic carbocycles. The predicted octanol–water partition coefficient (Wildman–Crippen LogP) is 5.11. The van der Waals surface area contributed by atoms with E-state index in [-0.39, 0.29) is 5.91 Å². The molecular weight excluding hydrogens is 343 g/mol. The van der Waals surface area contributed by atoms with Gasteiger partial charge < -0.3 is 10.6 Å². The van der Waals surface area contributed by atoms with Crippen LogP contribution in [0.1, 0.15) is 43.7 Å². The molecule has 22 heavy (non-hydrogen) atoms. The molecule has 3 nitrogen and oxygen atoms in total. The zero-order chi connectivity index (χ0) is 16.8. The number of hydrogen-bond donors (Lipinski definition) is 2. The molecule has 0 aliphatic heterocycles. The first-order valence-electron chi connectivity index (χ1n) is 7.44. The summed E-state index contributed by atoms with van der Waals surface area (Å²) >= 11 is 18.0. The van der Waals surface area contributed by atoms with Gasteiger partial charge in [-0.2, -0.15) is 0 Å². The van der Waals surface area contributed by atoms with Crippen LogP contribution in [0.2, 0.25) is 0 Å². The van der Waals surface area contributed by atoms with Gasteiger partial charge in [-0.3, -0.25) is 4.79 Å². The number of carbonyl (C=O) groups excluding carboxylic acids is 1. The maximum absolute atomic E-state index is 12.0. The Morgan fingerprint density at radius 1 is 1.23 bits per heavy atom. The fourth-order valence-electron chi connectivity index (χ4n) is 2.02. The predicted molar refractivity (Wildman–Crippen MR) is 95.9 cm³/mol. The van der Waals surface area contributed by atoms with Crippen molar-refractivity contribution in [3.63, 3.8) is 0 Å². The van der Waals surface area contributed by atoms with Crippen LogP contribution in [0.5, 0.6) is 0 Å². The van der Waals surface area contributed by atoms with E-state index in [0.717, 1.165) is 36.1 Å². The Labute approximate surface area is 147 Å². The lowest BCUT2D eigenvalue weighted by Gasteiger charge is -2.28. The van der Waals surface area contributed by atoms with E-state index in [2.05, 4.69) is 17.6 Å². The number of halogens is 3. The molecule has 1 rings (SSSR count). The van der Waals surface area contributed by atoms with E-state index in [9.17, 15) is 4.79 Å². The Balaban J connectivity index is 2.77. The molecule has 0 saturated carbocycles. The minimum atomic E-state index is -1.64. The first kappa shape index (κ1) is 19.4. The summed E-state index contributed by atoms with van der Waals surface area (Å²) in [6.45, 7) is 6.03. The maximum Gasteiger partial charge on any atom is 0.228 e. The molecule has 1 amide bonds. The quantitative estimate of drug-likeness (QED) is 0.400. The number of unbranched alkanes of at least 4 members (excludes halogenated alkanes) is 2. The number of hydrogen-bond acceptors (Lipinski definition) is 2. The minimum absolute atomic E-state index is 0.123. The smallest absolute Gasteiger partial charge is 0.228 e. The lowest BCUT2D eigenvalue weighted by molar-refractivity contribution is -0.121. The van der Waals surface area contributed by atoms with Crippen molar-refractivity contribution >= 4 is 46.4 Å². The Hall–Kier alpha value is -0.640. The summed E-state index contributed by atoms with van der Waals surface area (Å²) in [6.07, 6.45) is 2.54. The second kappa shape index (κ2) is 8.85. The van der Waals surface area contributed by atoms with Gasteiger partial charge in [0.25, 0.3) is 0 Å². The van der Waals surface area contributed by atoms with Gasteiger partial charge in [-0.15, -0.1) is 0 Å². The highest BCUT2D eigenvalue weighted by Gasteiger charge is 2.34. The molecular formula is C16H23Cl3N2O. The van der Waals surface area contributed by atoms with Gasteiger partial charge in [0.05, 0.1) is 0 Å². The van der Waals surface area contributed by atoms with Crippen LogP contribution in [0, 0.1) is 13.8 Å². The standard InChI is InChI=1S/C16H23Cl3N2O/c1-4-5-6-7-14(22)21-15(16(17,18)19)20-13-10-11(2)8-9-12(13)3/h8-10,15,20H,4-7H2,1-3H3,(H,21,22). The summed E-state index contributed by atoms with van der Waals surface area (Å²) in [5.74, 6) is -0.123. The van der Waals surface area contributed by atoms with Gasteiger partial charge >= 0.3 is 0 Å². The van der Waals surface area contributed by atoms with Gasteiger partial charge in [0, 0.05) is 12.1 Å². The molecule has 0 aliphatic carbocycles. The first-order valence-corrected chi connectivity index (χ1v) is 8.57. The average molecular weight is 366 g/mol. The molecule has 0 fully saturated rings. The zero-order valence-corrected chi connectivity index (χ0v) is 15.4. The fourth-order valence-corrected chi connectivity index (χ4v) is 2.34. The second-order valence-corrected chi connectivity index (χ2v) is 7.83. The average Bonchev–Trinajstić information content (AvgIpc) is 2.41. The van der Waals surface area contributed by atoms with E-state index >= 15 is 0 Å². The number of amides is 1. The van der Waals surface area contributed by atoms with E-state index in [1.807, 2.05) is 32.0 Å². The second-order valence-electron chi connectivity index (χ2n) is 5.46. The Bertz CT molecular complexity index is 501. The van der Waals surface area contributed by atoms with Crippen molar-refractivity contribution in [2.45, 2.75) is 56.4 Å². The summed E-state index contributed by atoms with van der Waals surface area (Å²) < 4.78 is -1.64. The van der Waals surface area contributed by atoms with Crippen LogP contribution in [0.15, 0.2) is 18.2 Å². The third-order valence-electron chi connectivity index (χ3n) is 3.33. The highest BCUT2D eigenvalue weighted by molar-refractivity contribution is 6.68. The molecule has 0 aromatic heterocycles. The van der Waals surface area contributed by atoms with Crippen molar-refractivity contribution in [2.75, 3.05) is 5.32 Å². The summed E-state index contributed by atoms with van der Waals surface area (Å²) in [6, 6.07) is 5.95. The number of benzene rings is 1. The summed E-state index contributed by atoms with van der Waals surface area (Å²) in [4.78, 5) is 12.0. The van der Waals surface area contributed by atoms with Crippen LogP contribution < -0.4 is 10.6 Å². The summed E-state index contributed by atoms with van der Waals surface area (Å²) in [5, 5.41) is 5.89. The summed E-state index contributed by atoms with van der Waals surface area (Å²) in [5.41, 5.74) is 2.95. The van der Waals surface area contributed by atoms with E-state index in [1.54, 1.807) is 0 Å². The van der Waals surface area contributed by atoms with Gasteiger partial charge in [-0.05, 0) is 37.5 Å². The van der Waals surface area contributed by atoms with Crippen LogP contribution in [-0.2, 0) is 4.79 Å². The SMILES string of the molecule is CCCCCC(=O)NC(Nc1cc(C)ccc1C)C(Cl)(Cl)Cl. The van der Waals surface area contributed by atoms with Crippen molar-refractivity contribution in [3.05, 3.63) is 29.3 Å².